The SMILES string of the molecule is COc1ccccc1C1CCNCC1.c1nnc(N2CC3(CCCC3)C2)s1. The Balaban J connectivity index is 0.000000134. The molecule has 0 bridgehead atoms. The first-order chi connectivity index (χ1) is 13.3. The maximum Gasteiger partial charge on any atom is 0.208 e. The second-order valence-corrected chi connectivity index (χ2v) is 8.86. The van der Waals surface area contributed by atoms with Crippen LogP contribution in [0.5, 0.6) is 5.75 Å². The lowest BCUT2D eigenvalue weighted by Gasteiger charge is -2.48. The molecule has 3 heterocycles. The van der Waals surface area contributed by atoms with Crippen LogP contribution in [0.1, 0.15) is 50.0 Å². The van der Waals surface area contributed by atoms with Crippen LogP contribution >= 0.6 is 11.3 Å². The van der Waals surface area contributed by atoms with Gasteiger partial charge in [0.05, 0.1) is 7.11 Å². The molecule has 0 unspecified atom stereocenters. The van der Waals surface area contributed by atoms with Gasteiger partial charge in [0.1, 0.15) is 11.3 Å². The molecular formula is C21H30N4OS. The van der Waals surface area contributed by atoms with E-state index in [-0.39, 0.29) is 0 Å². The van der Waals surface area contributed by atoms with Crippen molar-refractivity contribution < 1.29 is 4.74 Å². The zero-order valence-electron chi connectivity index (χ0n) is 16.2. The lowest BCUT2D eigenvalue weighted by molar-refractivity contribution is 0.221. The van der Waals surface area contributed by atoms with Crippen LogP contribution in [0.2, 0.25) is 0 Å². The zero-order valence-corrected chi connectivity index (χ0v) is 17.0. The fourth-order valence-corrected chi connectivity index (χ4v) is 5.34. The van der Waals surface area contributed by atoms with Crippen LogP contribution in [0.25, 0.3) is 0 Å². The van der Waals surface area contributed by atoms with Gasteiger partial charge in [-0.25, -0.2) is 0 Å². The van der Waals surface area contributed by atoms with Gasteiger partial charge in [0, 0.05) is 18.5 Å². The van der Waals surface area contributed by atoms with E-state index in [2.05, 4.69) is 38.6 Å². The minimum Gasteiger partial charge on any atom is -0.496 e. The van der Waals surface area contributed by atoms with E-state index in [0.29, 0.717) is 11.3 Å². The summed E-state index contributed by atoms with van der Waals surface area (Å²) in [6, 6.07) is 8.37. The first-order valence-corrected chi connectivity index (χ1v) is 11.0. The molecule has 0 radical (unpaired) electrons. The summed E-state index contributed by atoms with van der Waals surface area (Å²) in [7, 11) is 1.75. The molecule has 5 nitrogen and oxygen atoms in total. The third kappa shape index (κ3) is 4.27. The molecule has 3 aliphatic rings. The number of piperidine rings is 1. The highest BCUT2D eigenvalue weighted by Crippen LogP contribution is 2.46. The van der Waals surface area contributed by atoms with Crippen molar-refractivity contribution in [1.29, 1.82) is 0 Å². The van der Waals surface area contributed by atoms with Gasteiger partial charge < -0.3 is 15.0 Å². The van der Waals surface area contributed by atoms with Crippen molar-refractivity contribution in [2.24, 2.45) is 5.41 Å². The Bertz CT molecular complexity index is 701. The Morgan fingerprint density at radius 1 is 1.15 bits per heavy atom. The molecule has 1 aromatic heterocycles. The first-order valence-electron chi connectivity index (χ1n) is 10.1. The summed E-state index contributed by atoms with van der Waals surface area (Å²) in [5, 5.41) is 12.4. The summed E-state index contributed by atoms with van der Waals surface area (Å²) in [4.78, 5) is 2.36. The number of para-hydroxylation sites is 1. The van der Waals surface area contributed by atoms with Gasteiger partial charge in [0.25, 0.3) is 0 Å². The predicted octanol–water partition coefficient (Wildman–Crippen LogP) is 4.08. The number of hydrogen-bond acceptors (Lipinski definition) is 6. The number of rotatable bonds is 3. The summed E-state index contributed by atoms with van der Waals surface area (Å²) in [5.74, 6) is 1.71. The Labute approximate surface area is 166 Å². The van der Waals surface area contributed by atoms with Gasteiger partial charge in [-0.05, 0) is 56.3 Å². The van der Waals surface area contributed by atoms with Crippen molar-refractivity contribution in [3.8, 4) is 5.75 Å². The fraction of sp³-hybridized carbons (Fsp3) is 0.619. The van der Waals surface area contributed by atoms with Crippen molar-refractivity contribution in [2.75, 3.05) is 38.2 Å². The van der Waals surface area contributed by atoms with Crippen molar-refractivity contribution in [1.82, 2.24) is 15.5 Å². The summed E-state index contributed by atoms with van der Waals surface area (Å²) in [6.45, 7) is 4.70. The average molecular weight is 387 g/mol. The number of anilines is 1. The molecule has 27 heavy (non-hydrogen) atoms. The molecule has 1 saturated carbocycles. The molecule has 1 aliphatic carbocycles. The van der Waals surface area contributed by atoms with Crippen molar-refractivity contribution in [3.63, 3.8) is 0 Å². The molecule has 2 saturated heterocycles. The smallest absolute Gasteiger partial charge is 0.208 e. The molecule has 5 rings (SSSR count). The molecule has 3 fully saturated rings. The van der Waals surface area contributed by atoms with Crippen molar-refractivity contribution in [2.45, 2.75) is 44.4 Å². The minimum atomic E-state index is 0.672. The highest BCUT2D eigenvalue weighted by atomic mass is 32.1. The zero-order chi connectivity index (χ0) is 18.5. The Kier molecular flexibility index (Phi) is 5.93. The van der Waals surface area contributed by atoms with Gasteiger partial charge in [-0.15, -0.1) is 10.2 Å². The summed E-state index contributed by atoms with van der Waals surface area (Å²) in [5.41, 5.74) is 3.86. The Morgan fingerprint density at radius 3 is 2.56 bits per heavy atom. The van der Waals surface area contributed by atoms with E-state index in [1.807, 2.05) is 11.6 Å². The highest BCUT2D eigenvalue weighted by molar-refractivity contribution is 7.13. The highest BCUT2D eigenvalue weighted by Gasteiger charge is 2.45. The van der Waals surface area contributed by atoms with Crippen LogP contribution in [0.3, 0.4) is 0 Å². The van der Waals surface area contributed by atoms with Crippen LogP contribution in [0.15, 0.2) is 29.8 Å². The van der Waals surface area contributed by atoms with Gasteiger partial charge >= 0.3 is 0 Å². The molecule has 0 amide bonds. The van der Waals surface area contributed by atoms with E-state index in [1.54, 1.807) is 18.4 Å². The number of benzene rings is 1. The number of nitrogens with one attached hydrogen (secondary N) is 1. The first kappa shape index (κ1) is 18.7. The molecule has 6 heteroatoms. The van der Waals surface area contributed by atoms with E-state index in [0.717, 1.165) is 24.0 Å². The van der Waals surface area contributed by atoms with Crippen LogP contribution in [-0.2, 0) is 0 Å². The molecule has 2 aromatic rings. The minimum absolute atomic E-state index is 0.672. The second-order valence-electron chi connectivity index (χ2n) is 8.05. The van der Waals surface area contributed by atoms with Gasteiger partial charge in [0.2, 0.25) is 5.13 Å². The third-order valence-corrected chi connectivity index (χ3v) is 7.00. The van der Waals surface area contributed by atoms with E-state index < -0.39 is 0 Å². The van der Waals surface area contributed by atoms with E-state index >= 15 is 0 Å². The van der Waals surface area contributed by atoms with E-state index in [4.69, 9.17) is 4.74 Å². The van der Waals surface area contributed by atoms with Crippen LogP contribution in [-0.4, -0.2) is 43.5 Å². The molecule has 0 atom stereocenters. The van der Waals surface area contributed by atoms with E-state index in [9.17, 15) is 0 Å². The van der Waals surface area contributed by atoms with Gasteiger partial charge in [-0.2, -0.15) is 0 Å². The van der Waals surface area contributed by atoms with Crippen molar-refractivity contribution >= 4 is 16.5 Å². The van der Waals surface area contributed by atoms with Crippen LogP contribution in [0.4, 0.5) is 5.13 Å². The lowest BCUT2D eigenvalue weighted by atomic mass is 9.79. The number of ether oxygens (including phenoxy) is 1. The monoisotopic (exact) mass is 386 g/mol. The normalized spacial score (nSPS) is 21.4. The Morgan fingerprint density at radius 2 is 1.89 bits per heavy atom. The van der Waals surface area contributed by atoms with Gasteiger partial charge in [0.15, 0.2) is 0 Å². The predicted molar refractivity (Wildman–Crippen MR) is 111 cm³/mol. The van der Waals surface area contributed by atoms with Gasteiger partial charge in [-0.3, -0.25) is 0 Å². The Hall–Kier alpha value is -1.66. The van der Waals surface area contributed by atoms with Crippen molar-refractivity contribution in [3.05, 3.63) is 35.3 Å². The standard InChI is InChI=1S/C12H17NO.C9H13N3S/c1-14-12-5-3-2-4-11(12)10-6-8-13-9-7-10;1-2-4-9(3-1)5-12(6-9)8-11-10-7-13-8/h2-5,10,13H,6-9H2,1H3;7H,1-6H2. The number of nitrogens with zero attached hydrogens (tertiary/aromatic N) is 3. The van der Waals surface area contributed by atoms with Crippen LogP contribution in [0, 0.1) is 5.41 Å². The molecule has 1 N–H and O–H groups in total. The number of aromatic nitrogens is 2. The quantitative estimate of drug-likeness (QED) is 0.861. The molecule has 2 aliphatic heterocycles. The summed E-state index contributed by atoms with van der Waals surface area (Å²) < 4.78 is 5.38. The maximum absolute atomic E-state index is 5.38. The van der Waals surface area contributed by atoms with E-state index in [1.165, 1.54) is 57.2 Å². The van der Waals surface area contributed by atoms with Gasteiger partial charge in [-0.1, -0.05) is 42.4 Å². The third-order valence-electron chi connectivity index (χ3n) is 6.25. The second kappa shape index (κ2) is 8.57. The fourth-order valence-electron chi connectivity index (χ4n) is 4.78. The largest absolute Gasteiger partial charge is 0.496 e. The molecular weight excluding hydrogens is 356 g/mol. The molecule has 146 valence electrons. The lowest BCUT2D eigenvalue weighted by Crippen LogP contribution is -2.55. The number of hydrogen-bond donors (Lipinski definition) is 1. The molecule has 1 aromatic carbocycles. The number of methoxy groups -OCH3 is 1. The topological polar surface area (TPSA) is 50.3 Å². The maximum atomic E-state index is 5.38. The molecule has 1 spiro atoms. The van der Waals surface area contributed by atoms with Crippen LogP contribution < -0.4 is 15.0 Å². The summed E-state index contributed by atoms with van der Waals surface area (Å²) in [6.07, 6.45) is 8.18. The summed E-state index contributed by atoms with van der Waals surface area (Å²) >= 11 is 1.65. The average Bonchev–Trinajstić information content (AvgIpc) is 3.40.